The minimum atomic E-state index is -2.47. The molecular formula is C46H74N6O15. The third-order valence-electron chi connectivity index (χ3n) is 15.0. The van der Waals surface area contributed by atoms with Crippen molar-refractivity contribution in [2.45, 2.75) is 180 Å². The molecule has 21 atom stereocenters. The summed E-state index contributed by atoms with van der Waals surface area (Å²) in [5.41, 5.74) is -2.64. The van der Waals surface area contributed by atoms with Crippen LogP contribution in [-0.4, -0.2) is 204 Å². The lowest BCUT2D eigenvalue weighted by Crippen LogP contribution is -2.82. The van der Waals surface area contributed by atoms with E-state index in [0.717, 1.165) is 12.2 Å². The molecule has 8 rings (SSSR count). The molecule has 2 aliphatic carbocycles. The number of aliphatic hydroxyl groups excluding tert-OH is 3. The number of furan rings is 1. The molecule has 4 saturated heterocycles. The van der Waals surface area contributed by atoms with Crippen LogP contribution in [0.1, 0.15) is 63.0 Å². The highest BCUT2D eigenvalue weighted by molar-refractivity contribution is 5.19. The molecule has 4 aliphatic heterocycles. The Balaban J connectivity index is 0.987. The van der Waals surface area contributed by atoms with E-state index in [0.29, 0.717) is 12.3 Å². The van der Waals surface area contributed by atoms with Crippen molar-refractivity contribution in [3.63, 3.8) is 0 Å². The summed E-state index contributed by atoms with van der Waals surface area (Å²) in [6.07, 6.45) is -12.8. The Morgan fingerprint density at radius 2 is 1.24 bits per heavy atom. The van der Waals surface area contributed by atoms with Gasteiger partial charge in [0.1, 0.15) is 59.3 Å². The van der Waals surface area contributed by atoms with Gasteiger partial charge >= 0.3 is 0 Å². The summed E-state index contributed by atoms with van der Waals surface area (Å²) < 4.78 is 50.3. The van der Waals surface area contributed by atoms with E-state index in [4.69, 9.17) is 37.6 Å². The number of fused-ring (bicyclic) bond motifs is 4. The van der Waals surface area contributed by atoms with Gasteiger partial charge < -0.3 is 99.9 Å². The molecule has 0 bridgehead atoms. The van der Waals surface area contributed by atoms with Gasteiger partial charge in [0.05, 0.1) is 61.9 Å². The Morgan fingerprint density at radius 3 is 1.82 bits per heavy atom. The van der Waals surface area contributed by atoms with Crippen molar-refractivity contribution in [2.75, 3.05) is 47.5 Å². The molecule has 378 valence electrons. The van der Waals surface area contributed by atoms with Crippen molar-refractivity contribution in [2.24, 2.45) is 0 Å². The van der Waals surface area contributed by atoms with Gasteiger partial charge in [0.2, 0.25) is 24.2 Å². The molecule has 21 unspecified atom stereocenters. The van der Waals surface area contributed by atoms with Crippen molar-refractivity contribution in [1.29, 1.82) is 0 Å². The largest absolute Gasteiger partial charge is 0.465 e. The summed E-state index contributed by atoms with van der Waals surface area (Å²) in [4.78, 5) is 0. The molecule has 6 aliphatic rings. The molecule has 21 nitrogen and oxygen atoms in total. The lowest BCUT2D eigenvalue weighted by Gasteiger charge is -2.61. The molecule has 5 heterocycles. The maximum Gasteiger partial charge on any atom is 0.249 e. The Kier molecular flexibility index (Phi) is 15.6. The van der Waals surface area contributed by atoms with Crippen molar-refractivity contribution in [3.05, 3.63) is 59.5 Å². The Bertz CT molecular complexity index is 1930. The summed E-state index contributed by atoms with van der Waals surface area (Å²) in [6.45, 7) is 7.74. The molecule has 2 aromatic rings. The SMILES string of the molecule is CNC1C(O)C(NCOC2C(NC)C(O)C(NC)C3OC4(O)C(OC(C)CC4(O)CNCCC(C)c4ccccc4)OC23)C2OC3(O)C(OC(C)CC3(O)CNCc3ccc(C)o3)OC2C1O. The summed E-state index contributed by atoms with van der Waals surface area (Å²) in [7, 11) is 4.88. The first kappa shape index (κ1) is 51.1. The number of ether oxygens (including phenoxy) is 7. The number of hydrogen-bond donors (Lipinski definition) is 13. The third kappa shape index (κ3) is 9.51. The van der Waals surface area contributed by atoms with E-state index < -0.39 is 121 Å². The lowest BCUT2D eigenvalue weighted by atomic mass is 9.77. The molecule has 6 fully saturated rings. The topological polar surface area (TPSA) is 292 Å². The molecule has 0 amide bonds. The molecule has 1 aromatic heterocycles. The summed E-state index contributed by atoms with van der Waals surface area (Å²) in [5.74, 6) is -3.23. The van der Waals surface area contributed by atoms with E-state index in [1.165, 1.54) is 5.56 Å². The second kappa shape index (κ2) is 20.4. The third-order valence-corrected chi connectivity index (χ3v) is 15.0. The minimum Gasteiger partial charge on any atom is -0.465 e. The monoisotopic (exact) mass is 951 g/mol. The van der Waals surface area contributed by atoms with Crippen LogP contribution in [0.15, 0.2) is 46.9 Å². The van der Waals surface area contributed by atoms with Crippen LogP contribution in [0.5, 0.6) is 0 Å². The number of benzene rings is 1. The number of nitrogens with one attached hydrogen (secondary N) is 6. The second-order valence-corrected chi connectivity index (χ2v) is 19.6. The van der Waals surface area contributed by atoms with E-state index in [1.54, 1.807) is 41.1 Å². The highest BCUT2D eigenvalue weighted by atomic mass is 16.8. The van der Waals surface area contributed by atoms with Crippen molar-refractivity contribution in [1.82, 2.24) is 31.9 Å². The molecule has 21 heteroatoms. The number of aliphatic hydroxyl groups is 7. The second-order valence-electron chi connectivity index (χ2n) is 19.6. The molecule has 0 radical (unpaired) electrons. The zero-order valence-electron chi connectivity index (χ0n) is 39.4. The minimum absolute atomic E-state index is 0.0251. The highest BCUT2D eigenvalue weighted by Crippen LogP contribution is 2.48. The van der Waals surface area contributed by atoms with Crippen molar-refractivity contribution >= 4 is 0 Å². The predicted octanol–water partition coefficient (Wildman–Crippen LogP) is -2.69. The first-order valence-corrected chi connectivity index (χ1v) is 23.7. The Morgan fingerprint density at radius 1 is 0.672 bits per heavy atom. The van der Waals surface area contributed by atoms with E-state index >= 15 is 0 Å². The van der Waals surface area contributed by atoms with Gasteiger partial charge in [-0.2, -0.15) is 0 Å². The van der Waals surface area contributed by atoms with E-state index in [2.05, 4.69) is 51.0 Å². The number of aryl methyl sites for hydroxylation is 1. The van der Waals surface area contributed by atoms with Crippen LogP contribution in [0.3, 0.4) is 0 Å². The van der Waals surface area contributed by atoms with Gasteiger partial charge in [-0.3, -0.25) is 5.32 Å². The standard InChI is InChI=1S/C46H74N6O15/c1-23(27-11-9-8-10-12-27)15-16-50-20-43(56)17-25(3)63-42-46(43,59)66-37-31(49-7)34(54)30(48-6)36(40(37)65-42)60-22-52-32-33(53)29(47-5)35(55)39-38(32)67-45(58)41(64-39)62-26(4)18-44(45,57)21-51-19-28-14-13-24(2)61-28/h8-14,23,25-26,29-42,47-59H,15-22H2,1-7H3. The first-order chi connectivity index (χ1) is 31.9. The van der Waals surface area contributed by atoms with Crippen LogP contribution in [0.25, 0.3) is 0 Å². The molecule has 13 N–H and O–H groups in total. The molecule has 0 spiro atoms. The van der Waals surface area contributed by atoms with Gasteiger partial charge in [-0.15, -0.1) is 0 Å². The smallest absolute Gasteiger partial charge is 0.249 e. The van der Waals surface area contributed by atoms with Gasteiger partial charge in [0.15, 0.2) is 0 Å². The van der Waals surface area contributed by atoms with Crippen LogP contribution in [-0.2, 0) is 39.7 Å². The zero-order valence-corrected chi connectivity index (χ0v) is 39.4. The van der Waals surface area contributed by atoms with Crippen LogP contribution in [0.4, 0.5) is 0 Å². The summed E-state index contributed by atoms with van der Waals surface area (Å²) in [5, 5.41) is 103. The van der Waals surface area contributed by atoms with Gasteiger partial charge in [-0.25, -0.2) is 0 Å². The van der Waals surface area contributed by atoms with E-state index in [-0.39, 0.29) is 45.1 Å². The Labute approximate surface area is 391 Å². The number of likely N-dealkylation sites (N-methyl/N-ethyl adjacent to an activating group) is 3. The summed E-state index contributed by atoms with van der Waals surface area (Å²) >= 11 is 0. The molecule has 67 heavy (non-hydrogen) atoms. The summed E-state index contributed by atoms with van der Waals surface area (Å²) in [6, 6.07) is 10.1. The maximum absolute atomic E-state index is 12.4. The zero-order chi connectivity index (χ0) is 48.1. The number of rotatable bonds is 17. The average Bonchev–Trinajstić information content (AvgIpc) is 3.71. The van der Waals surface area contributed by atoms with Gasteiger partial charge in [0.25, 0.3) is 0 Å². The molecule has 1 aromatic carbocycles. The van der Waals surface area contributed by atoms with E-state index in [9.17, 15) is 35.7 Å². The van der Waals surface area contributed by atoms with Crippen LogP contribution >= 0.6 is 0 Å². The van der Waals surface area contributed by atoms with Gasteiger partial charge in [-0.05, 0) is 78.5 Å². The highest BCUT2D eigenvalue weighted by Gasteiger charge is 2.70. The normalized spacial score (nSPS) is 45.6. The number of hydrogen-bond acceptors (Lipinski definition) is 21. The van der Waals surface area contributed by atoms with E-state index in [1.807, 2.05) is 31.2 Å². The average molecular weight is 951 g/mol. The lowest BCUT2D eigenvalue weighted by molar-refractivity contribution is -0.483. The molecule has 2 saturated carbocycles. The maximum atomic E-state index is 12.4. The van der Waals surface area contributed by atoms with Crippen molar-refractivity contribution < 1.29 is 73.3 Å². The van der Waals surface area contributed by atoms with Gasteiger partial charge in [-0.1, -0.05) is 37.3 Å². The van der Waals surface area contributed by atoms with Crippen LogP contribution in [0, 0.1) is 6.92 Å². The quantitative estimate of drug-likeness (QED) is 0.0568. The fraction of sp³-hybridized carbons (Fsp3) is 0.783. The van der Waals surface area contributed by atoms with Gasteiger partial charge in [0, 0.05) is 25.9 Å². The first-order valence-electron chi connectivity index (χ1n) is 23.7. The fourth-order valence-electron chi connectivity index (χ4n) is 11.3. The Hall–Kier alpha value is -2.30. The fourth-order valence-corrected chi connectivity index (χ4v) is 11.3. The van der Waals surface area contributed by atoms with Crippen LogP contribution in [0.2, 0.25) is 0 Å². The van der Waals surface area contributed by atoms with Crippen molar-refractivity contribution in [3.8, 4) is 0 Å². The predicted molar refractivity (Wildman–Crippen MR) is 238 cm³/mol. The molecular weight excluding hydrogens is 877 g/mol. The van der Waals surface area contributed by atoms with Crippen LogP contribution < -0.4 is 31.9 Å².